The summed E-state index contributed by atoms with van der Waals surface area (Å²) in [6, 6.07) is 41.6. The number of aryl methyl sites for hydroxylation is 2. The van der Waals surface area contributed by atoms with E-state index in [1.165, 1.54) is 31.7 Å². The number of nitrogens with one attached hydrogen (secondary N) is 2. The maximum atomic E-state index is 8.79. The monoisotopic (exact) mass is 599 g/mol. The first-order chi connectivity index (χ1) is 22.1. The van der Waals surface area contributed by atoms with Gasteiger partial charge in [0.2, 0.25) is 0 Å². The normalized spacial score (nSPS) is 12.9. The number of rotatable bonds is 8. The topological polar surface area (TPSA) is 48.2 Å². The minimum atomic E-state index is 0.431. The Morgan fingerprint density at radius 3 is 2.42 bits per heavy atom. The van der Waals surface area contributed by atoms with Gasteiger partial charge < -0.3 is 10.7 Å². The number of hydrogen-bond donors (Lipinski definition) is 2. The Morgan fingerprint density at radius 1 is 0.822 bits per heavy atom. The number of fused-ring (bicyclic) bond motifs is 3. The summed E-state index contributed by atoms with van der Waals surface area (Å²) in [7, 11) is 0. The molecule has 3 nitrogen and oxygen atoms in total. The zero-order valence-electron chi connectivity index (χ0n) is 25.1. The van der Waals surface area contributed by atoms with Gasteiger partial charge in [-0.1, -0.05) is 121 Å². The van der Waals surface area contributed by atoms with Crippen molar-refractivity contribution >= 4 is 56.5 Å². The zero-order chi connectivity index (χ0) is 30.6. The SMILES string of the molecule is Cc1cccc(C(=N)/C=C(\N=Cc2cccc(Nc3c(-c4ccccc4)ccc4c5c(sc34)CCC=C5)c2)c2ccccc2)c1. The van der Waals surface area contributed by atoms with Crippen LogP contribution in [0.25, 0.3) is 33.0 Å². The number of nitrogens with zero attached hydrogens (tertiary/aromatic N) is 1. The van der Waals surface area contributed by atoms with E-state index in [1.807, 2.05) is 85.1 Å². The van der Waals surface area contributed by atoms with E-state index in [-0.39, 0.29) is 0 Å². The number of aliphatic imine (C=N–C) groups is 1. The Morgan fingerprint density at radius 2 is 1.60 bits per heavy atom. The van der Waals surface area contributed by atoms with Gasteiger partial charge in [-0.3, -0.25) is 4.99 Å². The van der Waals surface area contributed by atoms with Gasteiger partial charge in [0.25, 0.3) is 0 Å². The second-order valence-corrected chi connectivity index (χ2v) is 12.4. The van der Waals surface area contributed by atoms with Gasteiger partial charge in [-0.15, -0.1) is 11.3 Å². The van der Waals surface area contributed by atoms with Crippen molar-refractivity contribution in [1.82, 2.24) is 0 Å². The molecule has 0 atom stereocenters. The predicted molar refractivity (Wildman–Crippen MR) is 194 cm³/mol. The number of thiophene rings is 1. The molecule has 4 heteroatoms. The summed E-state index contributed by atoms with van der Waals surface area (Å²) in [5.41, 5.74) is 11.0. The lowest BCUT2D eigenvalue weighted by molar-refractivity contribution is 1.02. The van der Waals surface area contributed by atoms with Gasteiger partial charge in [0.05, 0.1) is 21.8 Å². The van der Waals surface area contributed by atoms with Crippen LogP contribution in [0.1, 0.15) is 39.1 Å². The van der Waals surface area contributed by atoms with Crippen molar-refractivity contribution in [2.45, 2.75) is 19.8 Å². The smallest absolute Gasteiger partial charge is 0.0723 e. The van der Waals surface area contributed by atoms with Crippen molar-refractivity contribution in [1.29, 1.82) is 5.41 Å². The van der Waals surface area contributed by atoms with E-state index in [0.29, 0.717) is 5.71 Å². The third-order valence-electron chi connectivity index (χ3n) is 8.07. The van der Waals surface area contributed by atoms with E-state index in [1.54, 1.807) is 0 Å². The fourth-order valence-electron chi connectivity index (χ4n) is 5.82. The number of allylic oxidation sites excluding steroid dienone is 2. The Hall–Kier alpha value is -5.32. The van der Waals surface area contributed by atoms with Crippen molar-refractivity contribution < 1.29 is 0 Å². The van der Waals surface area contributed by atoms with E-state index in [9.17, 15) is 0 Å². The van der Waals surface area contributed by atoms with Crippen LogP contribution in [-0.2, 0) is 6.42 Å². The molecule has 0 bridgehead atoms. The molecule has 45 heavy (non-hydrogen) atoms. The Bertz CT molecular complexity index is 2100. The van der Waals surface area contributed by atoms with E-state index in [2.05, 4.69) is 84.2 Å². The summed E-state index contributed by atoms with van der Waals surface area (Å²) < 4.78 is 1.29. The third-order valence-corrected chi connectivity index (χ3v) is 9.37. The van der Waals surface area contributed by atoms with Crippen LogP contribution >= 0.6 is 11.3 Å². The Kier molecular flexibility index (Phi) is 8.05. The van der Waals surface area contributed by atoms with Crippen molar-refractivity contribution in [2.75, 3.05) is 5.32 Å². The third kappa shape index (κ3) is 6.19. The lowest BCUT2D eigenvalue weighted by atomic mass is 9.98. The number of benzene rings is 5. The van der Waals surface area contributed by atoms with Crippen LogP contribution in [0, 0.1) is 12.3 Å². The van der Waals surface area contributed by atoms with Gasteiger partial charge in [0, 0.05) is 33.3 Å². The second kappa shape index (κ2) is 12.7. The van der Waals surface area contributed by atoms with Gasteiger partial charge in [0.1, 0.15) is 0 Å². The van der Waals surface area contributed by atoms with Crippen molar-refractivity contribution in [2.24, 2.45) is 4.99 Å². The summed E-state index contributed by atoms with van der Waals surface area (Å²) >= 11 is 1.91. The second-order valence-electron chi connectivity index (χ2n) is 11.3. The van der Waals surface area contributed by atoms with Crippen molar-refractivity contribution in [3.05, 3.63) is 166 Å². The van der Waals surface area contributed by atoms with Crippen LogP contribution in [0.4, 0.5) is 11.4 Å². The maximum absolute atomic E-state index is 8.79. The van der Waals surface area contributed by atoms with Gasteiger partial charge >= 0.3 is 0 Å². The molecular weight excluding hydrogens is 567 g/mol. The first-order valence-electron chi connectivity index (χ1n) is 15.3. The van der Waals surface area contributed by atoms with Crippen LogP contribution < -0.4 is 5.32 Å². The summed E-state index contributed by atoms with van der Waals surface area (Å²) in [6.07, 6.45) is 10.5. The highest BCUT2D eigenvalue weighted by atomic mass is 32.1. The van der Waals surface area contributed by atoms with E-state index in [4.69, 9.17) is 10.4 Å². The van der Waals surface area contributed by atoms with Crippen LogP contribution in [0.15, 0.2) is 138 Å². The Labute approximate surface area is 268 Å². The summed E-state index contributed by atoms with van der Waals surface area (Å²) in [5, 5.41) is 13.9. The van der Waals surface area contributed by atoms with Crippen LogP contribution in [-0.4, -0.2) is 11.9 Å². The average Bonchev–Trinajstić information content (AvgIpc) is 3.47. The molecule has 0 unspecified atom stereocenters. The first-order valence-corrected chi connectivity index (χ1v) is 16.1. The summed E-state index contributed by atoms with van der Waals surface area (Å²) in [6.45, 7) is 2.05. The summed E-state index contributed by atoms with van der Waals surface area (Å²) in [4.78, 5) is 6.38. The molecule has 0 aliphatic heterocycles. The number of hydrogen-bond acceptors (Lipinski definition) is 4. The highest BCUT2D eigenvalue weighted by Gasteiger charge is 2.18. The predicted octanol–water partition coefficient (Wildman–Crippen LogP) is 11.1. The largest absolute Gasteiger partial charge is 0.354 e. The first kappa shape index (κ1) is 28.5. The van der Waals surface area contributed by atoms with E-state index < -0.39 is 0 Å². The minimum absolute atomic E-state index is 0.431. The van der Waals surface area contributed by atoms with E-state index in [0.717, 1.165) is 52.2 Å². The molecule has 1 heterocycles. The van der Waals surface area contributed by atoms with Gasteiger partial charge in [0.15, 0.2) is 0 Å². The molecule has 0 amide bonds. The summed E-state index contributed by atoms with van der Waals surface area (Å²) in [5.74, 6) is 0. The fraction of sp³-hybridized carbons (Fsp3) is 0.0732. The molecule has 2 N–H and O–H groups in total. The standard InChI is InChI=1S/C41H33N3S/c1-28-12-10-18-32(24-28)37(42)26-38(31-16-6-3-7-17-31)43-27-29-13-11-19-33(25-29)44-40-34(30-14-4-2-5-15-30)22-23-36-35-20-8-9-21-39(35)45-41(36)40/h2-8,10-20,22-27,42,44H,9,21H2,1H3/b38-26-,42-37?,43-27?. The molecule has 0 saturated heterocycles. The van der Waals surface area contributed by atoms with Crippen molar-refractivity contribution in [3.8, 4) is 11.1 Å². The molecular formula is C41H33N3S. The van der Waals surface area contributed by atoms with Gasteiger partial charge in [-0.25, -0.2) is 0 Å². The molecule has 0 spiro atoms. The van der Waals surface area contributed by atoms with Crippen molar-refractivity contribution in [3.63, 3.8) is 0 Å². The average molecular weight is 600 g/mol. The molecule has 1 aromatic heterocycles. The molecule has 0 fully saturated rings. The quantitative estimate of drug-likeness (QED) is 0.168. The highest BCUT2D eigenvalue weighted by molar-refractivity contribution is 7.20. The van der Waals surface area contributed by atoms with Crippen LogP contribution in [0.5, 0.6) is 0 Å². The zero-order valence-corrected chi connectivity index (χ0v) is 25.9. The maximum Gasteiger partial charge on any atom is 0.0723 e. The Balaban J connectivity index is 1.25. The van der Waals surface area contributed by atoms with Gasteiger partial charge in [-0.05, 0) is 66.3 Å². The highest BCUT2D eigenvalue weighted by Crippen LogP contribution is 2.44. The molecule has 218 valence electrons. The fourth-order valence-corrected chi connectivity index (χ4v) is 7.12. The molecule has 5 aromatic carbocycles. The molecule has 1 aliphatic rings. The number of anilines is 2. The molecule has 6 aromatic rings. The molecule has 0 radical (unpaired) electrons. The van der Waals surface area contributed by atoms with Crippen LogP contribution in [0.3, 0.4) is 0 Å². The minimum Gasteiger partial charge on any atom is -0.354 e. The molecule has 0 saturated carbocycles. The lowest BCUT2D eigenvalue weighted by Crippen LogP contribution is -1.97. The lowest BCUT2D eigenvalue weighted by Gasteiger charge is -2.15. The van der Waals surface area contributed by atoms with Crippen LogP contribution in [0.2, 0.25) is 0 Å². The van der Waals surface area contributed by atoms with Gasteiger partial charge in [-0.2, -0.15) is 0 Å². The van der Waals surface area contributed by atoms with E-state index >= 15 is 0 Å². The molecule has 1 aliphatic carbocycles. The molecule has 7 rings (SSSR count).